The molecule has 0 aliphatic heterocycles. The number of allylic oxidation sites excluding steroid dienone is 5. The summed E-state index contributed by atoms with van der Waals surface area (Å²) in [6.07, 6.45) is 8.99. The lowest BCUT2D eigenvalue weighted by atomic mass is 9.80. The van der Waals surface area contributed by atoms with E-state index in [0.29, 0.717) is 0 Å². The number of hydrogen-bond acceptors (Lipinski definition) is 4. The van der Waals surface area contributed by atoms with Crippen molar-refractivity contribution in [3.05, 3.63) is 42.7 Å². The second kappa shape index (κ2) is 8.95. The maximum atomic E-state index is 12.0. The van der Waals surface area contributed by atoms with E-state index in [-0.39, 0.29) is 12.8 Å². The minimum atomic E-state index is -1.38. The largest absolute Gasteiger partial charge is 0.468 e. The number of carbonyl (C=O) groups excluding carboxylic acids is 2. The monoisotopic (exact) mass is 264 g/mol. The Hall–Kier alpha value is -2.06. The Bertz CT molecular complexity index is 396. The van der Waals surface area contributed by atoms with Crippen molar-refractivity contribution < 1.29 is 19.1 Å². The normalized spacial score (nSPS) is 11.3. The quantitative estimate of drug-likeness (QED) is 0.307. The molecule has 0 saturated carbocycles. The van der Waals surface area contributed by atoms with Crippen LogP contribution in [0.3, 0.4) is 0 Å². The summed E-state index contributed by atoms with van der Waals surface area (Å²) >= 11 is 0. The molecule has 0 unspecified atom stereocenters. The zero-order chi connectivity index (χ0) is 14.7. The fraction of sp³-hybridized carbons (Fsp3) is 0.400. The zero-order valence-electron chi connectivity index (χ0n) is 11.6. The zero-order valence-corrected chi connectivity index (χ0v) is 11.6. The Morgan fingerprint density at radius 1 is 1.16 bits per heavy atom. The van der Waals surface area contributed by atoms with Gasteiger partial charge < -0.3 is 9.47 Å². The lowest BCUT2D eigenvalue weighted by Gasteiger charge is -2.25. The van der Waals surface area contributed by atoms with Crippen molar-refractivity contribution in [1.82, 2.24) is 0 Å². The molecule has 0 saturated heterocycles. The molecule has 0 aromatic carbocycles. The molecule has 0 N–H and O–H groups in total. The van der Waals surface area contributed by atoms with Gasteiger partial charge in [-0.25, -0.2) is 0 Å². The van der Waals surface area contributed by atoms with Gasteiger partial charge in [-0.3, -0.25) is 9.59 Å². The van der Waals surface area contributed by atoms with Crippen LogP contribution in [0.5, 0.6) is 0 Å². The Kier molecular flexibility index (Phi) is 7.98. The fourth-order valence-electron chi connectivity index (χ4n) is 1.60. The first-order valence-corrected chi connectivity index (χ1v) is 5.88. The first kappa shape index (κ1) is 16.9. The van der Waals surface area contributed by atoms with E-state index >= 15 is 0 Å². The van der Waals surface area contributed by atoms with Gasteiger partial charge in [-0.15, -0.1) is 5.73 Å². The topological polar surface area (TPSA) is 52.6 Å². The van der Waals surface area contributed by atoms with Crippen LogP contribution in [0.4, 0.5) is 0 Å². The summed E-state index contributed by atoms with van der Waals surface area (Å²) in [6.45, 7) is 5.30. The van der Waals surface area contributed by atoms with Crippen molar-refractivity contribution >= 4 is 11.9 Å². The van der Waals surface area contributed by atoms with Gasteiger partial charge in [-0.1, -0.05) is 30.9 Å². The van der Waals surface area contributed by atoms with E-state index in [9.17, 15) is 9.59 Å². The van der Waals surface area contributed by atoms with Gasteiger partial charge in [0.25, 0.3) is 0 Å². The van der Waals surface area contributed by atoms with E-state index in [0.717, 1.165) is 0 Å². The van der Waals surface area contributed by atoms with E-state index in [1.165, 1.54) is 20.3 Å². The van der Waals surface area contributed by atoms with Crippen LogP contribution >= 0.6 is 0 Å². The molecule has 4 nitrogen and oxygen atoms in total. The highest BCUT2D eigenvalue weighted by atomic mass is 16.5. The molecule has 0 atom stereocenters. The number of methoxy groups -OCH3 is 2. The van der Waals surface area contributed by atoms with Crippen LogP contribution in [0.15, 0.2) is 42.7 Å². The molecule has 4 heteroatoms. The van der Waals surface area contributed by atoms with Gasteiger partial charge >= 0.3 is 11.9 Å². The predicted octanol–water partition coefficient (Wildman–Crippen LogP) is 2.57. The molecule has 19 heavy (non-hydrogen) atoms. The highest BCUT2D eigenvalue weighted by Gasteiger charge is 2.46. The molecule has 0 aromatic rings. The molecule has 0 rings (SSSR count). The number of rotatable bonds is 7. The molecule has 0 fully saturated rings. The molecule has 0 bridgehead atoms. The molecule has 0 aromatic heterocycles. The molecule has 0 spiro atoms. The first-order chi connectivity index (χ1) is 9.08. The van der Waals surface area contributed by atoms with E-state index in [4.69, 9.17) is 9.47 Å². The maximum Gasteiger partial charge on any atom is 0.323 e. The van der Waals surface area contributed by atoms with Gasteiger partial charge in [0.05, 0.1) is 14.2 Å². The summed E-state index contributed by atoms with van der Waals surface area (Å²) in [5.74, 6) is -1.26. The third-order valence-electron chi connectivity index (χ3n) is 2.65. The van der Waals surface area contributed by atoms with Crippen LogP contribution in [-0.2, 0) is 19.1 Å². The molecule has 0 aliphatic carbocycles. The standard InChI is InChI=1S/C15H20O4/c1-5-7-9-10-12-15(11-8-6-2,13(16)18-3)14(17)19-4/h5,7-10H,2,11-12H2,1,3-4H3/b7-5+,10-9+. The fourth-order valence-corrected chi connectivity index (χ4v) is 1.60. The minimum absolute atomic E-state index is 0.135. The molecular formula is C15H20O4. The highest BCUT2D eigenvalue weighted by Crippen LogP contribution is 2.31. The average molecular weight is 264 g/mol. The van der Waals surface area contributed by atoms with Crippen molar-refractivity contribution in [1.29, 1.82) is 0 Å². The van der Waals surface area contributed by atoms with Crippen LogP contribution in [0, 0.1) is 5.41 Å². The van der Waals surface area contributed by atoms with Crippen LogP contribution in [-0.4, -0.2) is 26.2 Å². The summed E-state index contributed by atoms with van der Waals surface area (Å²) in [5.41, 5.74) is 1.17. The summed E-state index contributed by atoms with van der Waals surface area (Å²) in [6, 6.07) is 0. The SMILES string of the molecule is C=C=CCC(C/C=C/C=C/C)(C(=O)OC)C(=O)OC. The first-order valence-electron chi connectivity index (χ1n) is 5.88. The van der Waals surface area contributed by atoms with Crippen LogP contribution < -0.4 is 0 Å². The van der Waals surface area contributed by atoms with Crippen molar-refractivity contribution in [3.8, 4) is 0 Å². The van der Waals surface area contributed by atoms with E-state index in [2.05, 4.69) is 12.3 Å². The number of esters is 2. The van der Waals surface area contributed by atoms with Crippen molar-refractivity contribution in [2.24, 2.45) is 5.41 Å². The Balaban J connectivity index is 5.40. The van der Waals surface area contributed by atoms with Crippen molar-refractivity contribution in [2.45, 2.75) is 19.8 Å². The third kappa shape index (κ3) is 4.60. The van der Waals surface area contributed by atoms with Gasteiger partial charge in [-0.05, 0) is 25.8 Å². The summed E-state index contributed by atoms with van der Waals surface area (Å²) in [5, 5.41) is 0. The summed E-state index contributed by atoms with van der Waals surface area (Å²) in [4.78, 5) is 23.9. The molecular weight excluding hydrogens is 244 g/mol. The van der Waals surface area contributed by atoms with Crippen LogP contribution in [0.1, 0.15) is 19.8 Å². The van der Waals surface area contributed by atoms with Crippen molar-refractivity contribution in [2.75, 3.05) is 14.2 Å². The van der Waals surface area contributed by atoms with Gasteiger partial charge in [-0.2, -0.15) is 0 Å². The van der Waals surface area contributed by atoms with Gasteiger partial charge in [0.15, 0.2) is 5.41 Å². The minimum Gasteiger partial charge on any atom is -0.468 e. The smallest absolute Gasteiger partial charge is 0.323 e. The second-order valence-electron chi connectivity index (χ2n) is 3.84. The molecule has 104 valence electrons. The molecule has 0 amide bonds. The number of carbonyl (C=O) groups is 2. The number of ether oxygens (including phenoxy) is 2. The Labute approximate surface area is 114 Å². The van der Waals surface area contributed by atoms with Crippen LogP contribution in [0.2, 0.25) is 0 Å². The van der Waals surface area contributed by atoms with E-state index < -0.39 is 17.4 Å². The van der Waals surface area contributed by atoms with E-state index in [1.54, 1.807) is 12.2 Å². The number of hydrogen-bond donors (Lipinski definition) is 0. The highest BCUT2D eigenvalue weighted by molar-refractivity contribution is 6.00. The second-order valence-corrected chi connectivity index (χ2v) is 3.84. The van der Waals surface area contributed by atoms with E-state index in [1.807, 2.05) is 19.1 Å². The molecule has 0 radical (unpaired) electrons. The van der Waals surface area contributed by atoms with Gasteiger partial charge in [0.2, 0.25) is 0 Å². The maximum absolute atomic E-state index is 12.0. The predicted molar refractivity (Wildman–Crippen MR) is 73.4 cm³/mol. The Morgan fingerprint density at radius 2 is 1.74 bits per heavy atom. The molecule has 0 heterocycles. The third-order valence-corrected chi connectivity index (χ3v) is 2.65. The van der Waals surface area contributed by atoms with Crippen molar-refractivity contribution in [3.63, 3.8) is 0 Å². The summed E-state index contributed by atoms with van der Waals surface area (Å²) in [7, 11) is 2.49. The lowest BCUT2D eigenvalue weighted by molar-refractivity contribution is -0.168. The Morgan fingerprint density at radius 3 is 2.16 bits per heavy atom. The molecule has 0 aliphatic rings. The van der Waals surface area contributed by atoms with Crippen LogP contribution in [0.25, 0.3) is 0 Å². The lowest BCUT2D eigenvalue weighted by Crippen LogP contribution is -2.40. The summed E-state index contributed by atoms with van der Waals surface area (Å²) < 4.78 is 9.47. The van der Waals surface area contributed by atoms with Gasteiger partial charge in [0, 0.05) is 0 Å². The average Bonchev–Trinajstić information content (AvgIpc) is 2.45. The van der Waals surface area contributed by atoms with Gasteiger partial charge in [0.1, 0.15) is 0 Å².